The van der Waals surface area contributed by atoms with Crippen molar-refractivity contribution in [2.75, 3.05) is 20.2 Å². The molecule has 7 nitrogen and oxygen atoms in total. The summed E-state index contributed by atoms with van der Waals surface area (Å²) in [6.45, 7) is 0.386. The van der Waals surface area contributed by atoms with Crippen molar-refractivity contribution in [2.45, 2.75) is 6.54 Å². The van der Waals surface area contributed by atoms with Crippen LogP contribution in [0.25, 0.3) is 0 Å². The molecule has 0 saturated carbocycles. The van der Waals surface area contributed by atoms with Crippen LogP contribution < -0.4 is 15.6 Å². The summed E-state index contributed by atoms with van der Waals surface area (Å²) in [5.74, 6) is 0.459. The Morgan fingerprint density at radius 2 is 1.88 bits per heavy atom. The number of hydrazine groups is 1. The third-order valence-corrected chi connectivity index (χ3v) is 3.20. The Kier molecular flexibility index (Phi) is 6.65. The third kappa shape index (κ3) is 6.31. The SMILES string of the molecule is CN(CC(=O)NNC(=O)COc1ccc(Cl)cc1)Cc1ccco1. The Morgan fingerprint density at radius 3 is 2.54 bits per heavy atom. The summed E-state index contributed by atoms with van der Waals surface area (Å²) in [4.78, 5) is 25.1. The van der Waals surface area contributed by atoms with Crippen molar-refractivity contribution >= 4 is 23.4 Å². The zero-order valence-corrected chi connectivity index (χ0v) is 13.9. The third-order valence-electron chi connectivity index (χ3n) is 2.94. The number of furan rings is 1. The van der Waals surface area contributed by atoms with Crippen molar-refractivity contribution in [3.63, 3.8) is 0 Å². The predicted octanol–water partition coefficient (Wildman–Crippen LogP) is 1.59. The van der Waals surface area contributed by atoms with Gasteiger partial charge in [0, 0.05) is 5.02 Å². The molecule has 2 rings (SSSR count). The number of benzene rings is 1. The molecule has 128 valence electrons. The van der Waals surface area contributed by atoms with E-state index in [1.165, 1.54) is 0 Å². The molecule has 0 radical (unpaired) electrons. The van der Waals surface area contributed by atoms with Crippen LogP contribution in [0.5, 0.6) is 5.75 Å². The molecule has 0 fully saturated rings. The predicted molar refractivity (Wildman–Crippen MR) is 88.3 cm³/mol. The molecule has 2 aromatic rings. The topological polar surface area (TPSA) is 83.8 Å². The summed E-state index contributed by atoms with van der Waals surface area (Å²) in [6, 6.07) is 10.2. The number of carbonyl (C=O) groups is 2. The fourth-order valence-corrected chi connectivity index (χ4v) is 1.99. The molecule has 1 aromatic carbocycles. The second-order valence-electron chi connectivity index (χ2n) is 5.09. The van der Waals surface area contributed by atoms with Gasteiger partial charge in [-0.2, -0.15) is 0 Å². The first-order chi connectivity index (χ1) is 11.5. The minimum Gasteiger partial charge on any atom is -0.484 e. The molecule has 0 aliphatic carbocycles. The van der Waals surface area contributed by atoms with Gasteiger partial charge in [0.2, 0.25) is 0 Å². The molecule has 1 aromatic heterocycles. The van der Waals surface area contributed by atoms with Crippen molar-refractivity contribution in [1.29, 1.82) is 0 Å². The molecule has 24 heavy (non-hydrogen) atoms. The highest BCUT2D eigenvalue weighted by molar-refractivity contribution is 6.30. The average molecular weight is 352 g/mol. The van der Waals surface area contributed by atoms with Crippen LogP contribution in [-0.2, 0) is 16.1 Å². The smallest absolute Gasteiger partial charge is 0.276 e. The molecule has 0 bridgehead atoms. The number of rotatable bonds is 7. The molecular formula is C16H18ClN3O4. The van der Waals surface area contributed by atoms with E-state index in [-0.39, 0.29) is 19.1 Å². The molecule has 0 saturated heterocycles. The highest BCUT2D eigenvalue weighted by atomic mass is 35.5. The minimum atomic E-state index is -0.466. The Labute approximate surface area is 144 Å². The minimum absolute atomic E-state index is 0.110. The molecule has 1 heterocycles. The van der Waals surface area contributed by atoms with Crippen molar-refractivity contribution < 1.29 is 18.7 Å². The fraction of sp³-hybridized carbons (Fsp3) is 0.250. The van der Waals surface area contributed by atoms with Gasteiger partial charge in [-0.3, -0.25) is 25.3 Å². The van der Waals surface area contributed by atoms with Crippen molar-refractivity contribution in [1.82, 2.24) is 15.8 Å². The first kappa shape index (κ1) is 17.8. The van der Waals surface area contributed by atoms with E-state index >= 15 is 0 Å². The maximum absolute atomic E-state index is 11.7. The Balaban J connectivity index is 1.63. The van der Waals surface area contributed by atoms with Gasteiger partial charge < -0.3 is 9.15 Å². The number of halogens is 1. The Bertz CT molecular complexity index is 658. The number of hydrogen-bond acceptors (Lipinski definition) is 5. The number of ether oxygens (including phenoxy) is 1. The number of nitrogens with one attached hydrogen (secondary N) is 2. The lowest BCUT2D eigenvalue weighted by Crippen LogP contribution is -2.47. The quantitative estimate of drug-likeness (QED) is 0.740. The van der Waals surface area contributed by atoms with Gasteiger partial charge in [0.1, 0.15) is 11.5 Å². The van der Waals surface area contributed by atoms with E-state index < -0.39 is 5.91 Å². The Morgan fingerprint density at radius 1 is 1.17 bits per heavy atom. The monoisotopic (exact) mass is 351 g/mol. The normalized spacial score (nSPS) is 10.5. The lowest BCUT2D eigenvalue weighted by molar-refractivity contribution is -0.130. The highest BCUT2D eigenvalue weighted by Crippen LogP contribution is 2.15. The van der Waals surface area contributed by atoms with E-state index in [0.29, 0.717) is 17.3 Å². The maximum Gasteiger partial charge on any atom is 0.276 e. The van der Waals surface area contributed by atoms with Gasteiger partial charge in [-0.1, -0.05) is 11.6 Å². The van der Waals surface area contributed by atoms with Crippen molar-refractivity contribution in [3.8, 4) is 5.75 Å². The van der Waals surface area contributed by atoms with E-state index in [9.17, 15) is 9.59 Å². The number of hydrogen-bond donors (Lipinski definition) is 2. The molecule has 2 amide bonds. The first-order valence-electron chi connectivity index (χ1n) is 7.20. The van der Waals surface area contributed by atoms with Crippen LogP contribution in [0.2, 0.25) is 5.02 Å². The van der Waals surface area contributed by atoms with Crippen LogP contribution in [0, 0.1) is 0 Å². The highest BCUT2D eigenvalue weighted by Gasteiger charge is 2.10. The van der Waals surface area contributed by atoms with Crippen LogP contribution in [-0.4, -0.2) is 36.9 Å². The number of nitrogens with zero attached hydrogens (tertiary/aromatic N) is 1. The van der Waals surface area contributed by atoms with Gasteiger partial charge in [-0.05, 0) is 43.4 Å². The van der Waals surface area contributed by atoms with Crippen LogP contribution in [0.1, 0.15) is 5.76 Å². The summed E-state index contributed by atoms with van der Waals surface area (Å²) in [5.41, 5.74) is 4.62. The second kappa shape index (κ2) is 8.95. The Hall–Kier alpha value is -2.51. The van der Waals surface area contributed by atoms with Crippen molar-refractivity contribution in [3.05, 3.63) is 53.4 Å². The van der Waals surface area contributed by atoms with E-state index in [2.05, 4.69) is 10.9 Å². The average Bonchev–Trinajstić information content (AvgIpc) is 3.05. The second-order valence-corrected chi connectivity index (χ2v) is 5.53. The van der Waals surface area contributed by atoms with Gasteiger partial charge in [-0.15, -0.1) is 0 Å². The standard InChI is InChI=1S/C16H18ClN3O4/c1-20(9-14-3-2-8-23-14)10-15(21)18-19-16(22)11-24-13-6-4-12(17)5-7-13/h2-8H,9-11H2,1H3,(H,18,21)(H,19,22). The number of likely N-dealkylation sites (N-methyl/N-ethyl adjacent to an activating group) is 1. The van der Waals surface area contributed by atoms with Crippen LogP contribution in [0.3, 0.4) is 0 Å². The number of carbonyl (C=O) groups excluding carboxylic acids is 2. The van der Waals surface area contributed by atoms with Gasteiger partial charge >= 0.3 is 0 Å². The van der Waals surface area contributed by atoms with E-state index in [0.717, 1.165) is 5.76 Å². The molecule has 0 spiro atoms. The summed E-state index contributed by atoms with van der Waals surface area (Å²) < 4.78 is 10.5. The molecule has 2 N–H and O–H groups in total. The molecule has 0 aliphatic heterocycles. The summed E-state index contributed by atoms with van der Waals surface area (Å²) in [6.07, 6.45) is 1.57. The molecular weight excluding hydrogens is 334 g/mol. The van der Waals surface area contributed by atoms with Crippen LogP contribution in [0.15, 0.2) is 47.1 Å². The van der Waals surface area contributed by atoms with Gasteiger partial charge in [0.05, 0.1) is 19.4 Å². The van der Waals surface area contributed by atoms with Crippen LogP contribution >= 0.6 is 11.6 Å². The van der Waals surface area contributed by atoms with Crippen LogP contribution in [0.4, 0.5) is 0 Å². The van der Waals surface area contributed by atoms with Gasteiger partial charge in [0.15, 0.2) is 6.61 Å². The molecule has 0 unspecified atom stereocenters. The van der Waals surface area contributed by atoms with Gasteiger partial charge in [0.25, 0.3) is 11.8 Å². The summed E-state index contributed by atoms with van der Waals surface area (Å²) >= 11 is 5.75. The molecule has 0 atom stereocenters. The summed E-state index contributed by atoms with van der Waals surface area (Å²) in [7, 11) is 1.77. The zero-order chi connectivity index (χ0) is 17.4. The first-order valence-corrected chi connectivity index (χ1v) is 7.57. The molecule has 0 aliphatic rings. The lowest BCUT2D eigenvalue weighted by Gasteiger charge is -2.15. The van der Waals surface area contributed by atoms with Crippen molar-refractivity contribution in [2.24, 2.45) is 0 Å². The van der Waals surface area contributed by atoms with E-state index in [4.69, 9.17) is 20.8 Å². The van der Waals surface area contributed by atoms with Gasteiger partial charge in [-0.25, -0.2) is 0 Å². The number of amides is 2. The summed E-state index contributed by atoms with van der Waals surface area (Å²) in [5, 5.41) is 0.581. The largest absolute Gasteiger partial charge is 0.484 e. The zero-order valence-electron chi connectivity index (χ0n) is 13.1. The lowest BCUT2D eigenvalue weighted by atomic mass is 10.3. The maximum atomic E-state index is 11.7. The fourth-order valence-electron chi connectivity index (χ4n) is 1.86. The molecule has 8 heteroatoms. The van der Waals surface area contributed by atoms with E-state index in [1.54, 1.807) is 48.5 Å². The van der Waals surface area contributed by atoms with E-state index in [1.807, 2.05) is 6.07 Å².